The predicted octanol–water partition coefficient (Wildman–Crippen LogP) is 4.43. The molecule has 1 aliphatic heterocycles. The molecule has 2 heterocycles. The van der Waals surface area contributed by atoms with Crippen molar-refractivity contribution in [3.05, 3.63) is 58.9 Å². The number of para-hydroxylation sites is 1. The van der Waals surface area contributed by atoms with Gasteiger partial charge in [0.1, 0.15) is 0 Å². The van der Waals surface area contributed by atoms with Crippen LogP contribution < -0.4 is 0 Å². The summed E-state index contributed by atoms with van der Waals surface area (Å²) in [6, 6.07) is 8.00. The molecule has 8 heteroatoms. The van der Waals surface area contributed by atoms with E-state index in [1.807, 2.05) is 6.21 Å². The predicted molar refractivity (Wildman–Crippen MR) is 106 cm³/mol. The first-order valence-electron chi connectivity index (χ1n) is 10.2. The number of nitrogens with zero attached hydrogens (tertiary/aromatic N) is 4. The van der Waals surface area contributed by atoms with Crippen LogP contribution in [0.3, 0.4) is 0 Å². The summed E-state index contributed by atoms with van der Waals surface area (Å²) in [5.74, 6) is -0.573. The molecule has 5 rings (SSSR count). The van der Waals surface area contributed by atoms with E-state index in [2.05, 4.69) is 10.1 Å². The van der Waals surface area contributed by atoms with Crippen molar-refractivity contribution in [2.45, 2.75) is 50.4 Å². The van der Waals surface area contributed by atoms with Crippen molar-refractivity contribution in [1.82, 2.24) is 14.7 Å². The number of hydrogen-bond acceptors (Lipinski definition) is 3. The molecule has 1 amide bonds. The summed E-state index contributed by atoms with van der Waals surface area (Å²) in [6.07, 6.45) is 2.14. The molecule has 0 spiro atoms. The first kappa shape index (κ1) is 19.1. The molecular formula is C22H21F3N4O. The summed E-state index contributed by atoms with van der Waals surface area (Å²) in [5.41, 5.74) is 1.32. The molecule has 2 aliphatic carbocycles. The van der Waals surface area contributed by atoms with Gasteiger partial charge in [-0.1, -0.05) is 18.2 Å². The van der Waals surface area contributed by atoms with E-state index in [0.717, 1.165) is 42.1 Å². The fourth-order valence-corrected chi connectivity index (χ4v) is 4.49. The SMILES string of the molecule is O=C(c1cnn(-c2ccccc2)c1C(F)(F)F)N(C1CC1)C1CCC2=C(C=NC2)C1. The Balaban J connectivity index is 1.52. The van der Waals surface area contributed by atoms with Crippen LogP contribution in [-0.2, 0) is 6.18 Å². The summed E-state index contributed by atoms with van der Waals surface area (Å²) in [5, 5.41) is 3.95. The van der Waals surface area contributed by atoms with Crippen molar-refractivity contribution in [1.29, 1.82) is 0 Å². The highest BCUT2D eigenvalue weighted by atomic mass is 19.4. The molecule has 1 unspecified atom stereocenters. The quantitative estimate of drug-likeness (QED) is 0.743. The highest BCUT2D eigenvalue weighted by molar-refractivity contribution is 5.96. The zero-order chi connectivity index (χ0) is 20.9. The Morgan fingerprint density at radius 2 is 1.87 bits per heavy atom. The average molecular weight is 414 g/mol. The van der Waals surface area contributed by atoms with Gasteiger partial charge in [-0.15, -0.1) is 0 Å². The smallest absolute Gasteiger partial charge is 0.332 e. The van der Waals surface area contributed by atoms with Gasteiger partial charge in [-0.2, -0.15) is 18.3 Å². The van der Waals surface area contributed by atoms with Crippen molar-refractivity contribution in [2.24, 2.45) is 4.99 Å². The number of rotatable bonds is 4. The lowest BCUT2D eigenvalue weighted by molar-refractivity contribution is -0.143. The summed E-state index contributed by atoms with van der Waals surface area (Å²) in [6.45, 7) is 0.710. The third kappa shape index (κ3) is 3.34. The van der Waals surface area contributed by atoms with E-state index in [1.54, 1.807) is 35.2 Å². The molecular weight excluding hydrogens is 393 g/mol. The number of halogens is 3. The lowest BCUT2D eigenvalue weighted by Crippen LogP contribution is -2.44. The van der Waals surface area contributed by atoms with Gasteiger partial charge in [0.2, 0.25) is 0 Å². The lowest BCUT2D eigenvalue weighted by Gasteiger charge is -2.35. The summed E-state index contributed by atoms with van der Waals surface area (Å²) >= 11 is 0. The number of amides is 1. The Morgan fingerprint density at radius 3 is 2.57 bits per heavy atom. The zero-order valence-corrected chi connectivity index (χ0v) is 16.3. The molecule has 0 N–H and O–H groups in total. The van der Waals surface area contributed by atoms with Crippen molar-refractivity contribution in [3.63, 3.8) is 0 Å². The normalized spacial score (nSPS) is 21.1. The van der Waals surface area contributed by atoms with Gasteiger partial charge in [0.25, 0.3) is 5.91 Å². The van der Waals surface area contributed by atoms with Crippen LogP contribution in [0.4, 0.5) is 13.2 Å². The third-order valence-electron chi connectivity index (χ3n) is 6.06. The monoisotopic (exact) mass is 414 g/mol. The van der Waals surface area contributed by atoms with Crippen LogP contribution in [0.15, 0.2) is 52.7 Å². The van der Waals surface area contributed by atoms with Gasteiger partial charge in [0, 0.05) is 18.3 Å². The number of alkyl halides is 3. The van der Waals surface area contributed by atoms with Crippen LogP contribution >= 0.6 is 0 Å². The molecule has 1 aromatic heterocycles. The van der Waals surface area contributed by atoms with E-state index in [1.165, 1.54) is 5.57 Å². The number of benzene rings is 1. The molecule has 5 nitrogen and oxygen atoms in total. The Morgan fingerprint density at radius 1 is 1.10 bits per heavy atom. The lowest BCUT2D eigenvalue weighted by atomic mass is 9.88. The van der Waals surface area contributed by atoms with Crippen molar-refractivity contribution in [2.75, 3.05) is 6.54 Å². The fraction of sp³-hybridized carbons (Fsp3) is 0.409. The van der Waals surface area contributed by atoms with Crippen LogP contribution in [0.5, 0.6) is 0 Å². The molecule has 1 fully saturated rings. The van der Waals surface area contributed by atoms with E-state index in [4.69, 9.17) is 0 Å². The number of carbonyl (C=O) groups is 1. The van der Waals surface area contributed by atoms with Crippen LogP contribution in [0.2, 0.25) is 0 Å². The molecule has 3 aliphatic rings. The maximum absolute atomic E-state index is 14.0. The van der Waals surface area contributed by atoms with Crippen LogP contribution in [-0.4, -0.2) is 45.4 Å². The first-order chi connectivity index (χ1) is 14.4. The van der Waals surface area contributed by atoms with Crippen LogP contribution in [0.1, 0.15) is 48.2 Å². The van der Waals surface area contributed by atoms with Gasteiger partial charge in [-0.25, -0.2) is 4.68 Å². The highest BCUT2D eigenvalue weighted by Gasteiger charge is 2.45. The second-order valence-electron chi connectivity index (χ2n) is 8.09. The molecule has 1 aromatic carbocycles. The molecule has 0 bridgehead atoms. The number of carbonyl (C=O) groups excluding carboxylic acids is 1. The van der Waals surface area contributed by atoms with E-state index >= 15 is 0 Å². The maximum Gasteiger partial charge on any atom is 0.434 e. The maximum atomic E-state index is 14.0. The fourth-order valence-electron chi connectivity index (χ4n) is 4.49. The minimum absolute atomic E-state index is 0.00384. The largest absolute Gasteiger partial charge is 0.434 e. The van der Waals surface area contributed by atoms with Gasteiger partial charge in [0.15, 0.2) is 5.69 Å². The van der Waals surface area contributed by atoms with Gasteiger partial charge in [0.05, 0.1) is 24.0 Å². The molecule has 30 heavy (non-hydrogen) atoms. The second-order valence-corrected chi connectivity index (χ2v) is 8.09. The summed E-state index contributed by atoms with van der Waals surface area (Å²) in [7, 11) is 0. The topological polar surface area (TPSA) is 50.5 Å². The first-order valence-corrected chi connectivity index (χ1v) is 10.2. The minimum Gasteiger partial charge on any atom is -0.332 e. The molecule has 2 aromatic rings. The minimum atomic E-state index is -4.70. The summed E-state index contributed by atoms with van der Waals surface area (Å²) < 4.78 is 42.9. The molecule has 1 atom stereocenters. The van der Waals surface area contributed by atoms with Crippen LogP contribution in [0, 0.1) is 0 Å². The van der Waals surface area contributed by atoms with Crippen molar-refractivity contribution in [3.8, 4) is 5.69 Å². The van der Waals surface area contributed by atoms with E-state index in [9.17, 15) is 18.0 Å². The second kappa shape index (κ2) is 7.11. The standard InChI is InChI=1S/C22H21F3N4O/c23-22(24,25)20-19(13-27-29(20)17-4-2-1-3-5-17)21(30)28(16-8-9-16)18-7-6-14-11-26-12-15(14)10-18/h1-5,12-13,16,18H,6-11H2. The van der Waals surface area contributed by atoms with E-state index in [0.29, 0.717) is 13.0 Å². The number of aliphatic imine (C=N–C) groups is 1. The molecule has 156 valence electrons. The zero-order valence-electron chi connectivity index (χ0n) is 16.3. The average Bonchev–Trinajstić information content (AvgIpc) is 3.27. The Kier molecular flexibility index (Phi) is 4.52. The summed E-state index contributed by atoms with van der Waals surface area (Å²) in [4.78, 5) is 19.4. The Bertz CT molecular complexity index is 1030. The molecule has 0 radical (unpaired) electrons. The number of hydrogen-bond donors (Lipinski definition) is 0. The van der Waals surface area contributed by atoms with Crippen LogP contribution in [0.25, 0.3) is 5.69 Å². The van der Waals surface area contributed by atoms with Gasteiger partial charge in [-0.3, -0.25) is 9.79 Å². The third-order valence-corrected chi connectivity index (χ3v) is 6.06. The molecule has 0 saturated heterocycles. The van der Waals surface area contributed by atoms with Gasteiger partial charge >= 0.3 is 6.18 Å². The Labute approximate surface area is 171 Å². The van der Waals surface area contributed by atoms with Crippen molar-refractivity contribution >= 4 is 12.1 Å². The van der Waals surface area contributed by atoms with Gasteiger partial charge in [-0.05, 0) is 55.4 Å². The van der Waals surface area contributed by atoms with Gasteiger partial charge < -0.3 is 4.90 Å². The number of aromatic nitrogens is 2. The highest BCUT2D eigenvalue weighted by Crippen LogP contribution is 2.40. The van der Waals surface area contributed by atoms with Crippen molar-refractivity contribution < 1.29 is 18.0 Å². The van der Waals surface area contributed by atoms with E-state index in [-0.39, 0.29) is 23.3 Å². The van der Waals surface area contributed by atoms with E-state index < -0.39 is 17.8 Å². The Hall–Kier alpha value is -2.90. The molecule has 1 saturated carbocycles.